The lowest BCUT2D eigenvalue weighted by molar-refractivity contribution is 0.269. The zero-order chi connectivity index (χ0) is 21.2. The highest BCUT2D eigenvalue weighted by atomic mass is 127. The van der Waals surface area contributed by atoms with Gasteiger partial charge in [0, 0.05) is 32.7 Å². The van der Waals surface area contributed by atoms with Crippen LogP contribution in [0.25, 0.3) is 0 Å². The lowest BCUT2D eigenvalue weighted by Crippen LogP contribution is -2.36. The molecule has 0 aliphatic carbocycles. The molecule has 2 aromatic rings. The van der Waals surface area contributed by atoms with Gasteiger partial charge in [-0.3, -0.25) is 4.90 Å². The maximum Gasteiger partial charge on any atom is 0.191 e. The number of nitrogens with zero attached hydrogens (tertiary/aromatic N) is 3. The van der Waals surface area contributed by atoms with E-state index < -0.39 is 0 Å². The Bertz CT molecular complexity index is 806. The molecule has 0 spiro atoms. The third-order valence-corrected chi connectivity index (χ3v) is 5.71. The molecule has 1 aliphatic heterocycles. The van der Waals surface area contributed by atoms with E-state index in [1.807, 2.05) is 0 Å². The van der Waals surface area contributed by atoms with Gasteiger partial charge in [0.2, 0.25) is 0 Å². The minimum Gasteiger partial charge on any atom is -0.357 e. The van der Waals surface area contributed by atoms with Gasteiger partial charge in [0.15, 0.2) is 5.96 Å². The first-order valence-electron chi connectivity index (χ1n) is 11.2. The number of nitrogens with one attached hydrogen (secondary N) is 2. The molecule has 2 aromatic carbocycles. The maximum absolute atomic E-state index is 4.77. The van der Waals surface area contributed by atoms with Crippen molar-refractivity contribution < 1.29 is 0 Å². The largest absolute Gasteiger partial charge is 0.357 e. The molecule has 1 fully saturated rings. The van der Waals surface area contributed by atoms with E-state index in [4.69, 9.17) is 4.99 Å². The molecule has 3 rings (SSSR count). The smallest absolute Gasteiger partial charge is 0.191 e. The molecule has 6 heteroatoms. The van der Waals surface area contributed by atoms with Gasteiger partial charge in [0.1, 0.15) is 0 Å². The zero-order valence-electron chi connectivity index (χ0n) is 19.2. The number of guanidine groups is 1. The Balaban J connectivity index is 0.00000341. The normalized spacial score (nSPS) is 15.8. The summed E-state index contributed by atoms with van der Waals surface area (Å²) in [5.41, 5.74) is 5.22. The summed E-state index contributed by atoms with van der Waals surface area (Å²) in [7, 11) is 2.22. The lowest BCUT2D eigenvalue weighted by Gasteiger charge is -2.20. The monoisotopic (exact) mass is 535 g/mol. The molecule has 0 radical (unpaired) electrons. The number of hydrogen-bond acceptors (Lipinski definition) is 3. The van der Waals surface area contributed by atoms with Crippen LogP contribution in [0.5, 0.6) is 0 Å². The summed E-state index contributed by atoms with van der Waals surface area (Å²) in [5.74, 6) is 0.860. The summed E-state index contributed by atoms with van der Waals surface area (Å²) >= 11 is 0. The van der Waals surface area contributed by atoms with Crippen molar-refractivity contribution in [2.24, 2.45) is 4.99 Å². The van der Waals surface area contributed by atoms with Crippen molar-refractivity contribution in [3.05, 3.63) is 70.8 Å². The fraction of sp³-hybridized carbons (Fsp3) is 0.480. The average Bonchev–Trinajstić information content (AvgIpc) is 2.96. The molecule has 0 unspecified atom stereocenters. The van der Waals surface area contributed by atoms with Gasteiger partial charge < -0.3 is 15.5 Å². The summed E-state index contributed by atoms with van der Waals surface area (Å²) in [6.45, 7) is 12.3. The summed E-state index contributed by atoms with van der Waals surface area (Å²) in [6.07, 6.45) is 1.26. The summed E-state index contributed by atoms with van der Waals surface area (Å²) < 4.78 is 0. The van der Waals surface area contributed by atoms with Gasteiger partial charge in [-0.1, -0.05) is 48.5 Å². The SMILES string of the molecule is CCNC(=NCc1ccc(CN2CCCN(C)CC2)cc1)NCc1ccccc1C.I. The van der Waals surface area contributed by atoms with E-state index in [9.17, 15) is 0 Å². The van der Waals surface area contributed by atoms with Crippen LogP contribution in [0.4, 0.5) is 0 Å². The molecule has 170 valence electrons. The quantitative estimate of drug-likeness (QED) is 0.320. The molecule has 1 aliphatic rings. The second-order valence-electron chi connectivity index (χ2n) is 8.22. The Morgan fingerprint density at radius 1 is 0.935 bits per heavy atom. The molecule has 2 N–H and O–H groups in total. The van der Waals surface area contributed by atoms with Gasteiger partial charge in [-0.25, -0.2) is 4.99 Å². The van der Waals surface area contributed by atoms with Crippen LogP contribution in [0, 0.1) is 6.92 Å². The van der Waals surface area contributed by atoms with Crippen molar-refractivity contribution >= 4 is 29.9 Å². The van der Waals surface area contributed by atoms with E-state index in [1.54, 1.807) is 0 Å². The highest BCUT2D eigenvalue weighted by Crippen LogP contribution is 2.11. The highest BCUT2D eigenvalue weighted by molar-refractivity contribution is 14.0. The van der Waals surface area contributed by atoms with Crippen LogP contribution in [0.15, 0.2) is 53.5 Å². The Morgan fingerprint density at radius 3 is 2.42 bits per heavy atom. The predicted molar refractivity (Wildman–Crippen MR) is 142 cm³/mol. The molecule has 31 heavy (non-hydrogen) atoms. The summed E-state index contributed by atoms with van der Waals surface area (Å²) in [6, 6.07) is 17.4. The van der Waals surface area contributed by atoms with Gasteiger partial charge in [-0.2, -0.15) is 0 Å². The molecule has 0 saturated carbocycles. The molecule has 5 nitrogen and oxygen atoms in total. The van der Waals surface area contributed by atoms with Crippen molar-refractivity contribution in [1.29, 1.82) is 0 Å². The molecular weight excluding hydrogens is 497 g/mol. The summed E-state index contributed by atoms with van der Waals surface area (Å²) in [4.78, 5) is 9.76. The third-order valence-electron chi connectivity index (χ3n) is 5.71. The number of likely N-dealkylation sites (N-methyl/N-ethyl adjacent to an activating group) is 1. The van der Waals surface area contributed by atoms with E-state index >= 15 is 0 Å². The van der Waals surface area contributed by atoms with Crippen molar-refractivity contribution in [3.8, 4) is 0 Å². The van der Waals surface area contributed by atoms with E-state index in [-0.39, 0.29) is 24.0 Å². The minimum atomic E-state index is 0. The first-order chi connectivity index (χ1) is 14.6. The Labute approximate surface area is 205 Å². The number of benzene rings is 2. The number of rotatable bonds is 7. The van der Waals surface area contributed by atoms with Gasteiger partial charge in [0.05, 0.1) is 6.54 Å². The van der Waals surface area contributed by atoms with Gasteiger partial charge in [-0.15, -0.1) is 24.0 Å². The third kappa shape index (κ3) is 8.79. The van der Waals surface area contributed by atoms with Crippen LogP contribution in [0.2, 0.25) is 0 Å². The Kier molecular flexibility index (Phi) is 11.3. The van der Waals surface area contributed by atoms with Crippen molar-refractivity contribution in [3.63, 3.8) is 0 Å². The first-order valence-corrected chi connectivity index (χ1v) is 11.2. The van der Waals surface area contributed by atoms with Crippen LogP contribution in [0.3, 0.4) is 0 Å². The molecule has 1 saturated heterocycles. The van der Waals surface area contributed by atoms with E-state index in [2.05, 4.69) is 89.9 Å². The van der Waals surface area contributed by atoms with Crippen LogP contribution in [-0.4, -0.2) is 55.5 Å². The van der Waals surface area contributed by atoms with E-state index in [0.717, 1.165) is 38.7 Å². The minimum absolute atomic E-state index is 0. The molecule has 0 aromatic heterocycles. The number of aliphatic imine (C=N–C) groups is 1. The Hall–Kier alpha value is -1.64. The average molecular weight is 536 g/mol. The van der Waals surface area contributed by atoms with E-state index in [1.165, 1.54) is 41.8 Å². The fourth-order valence-corrected chi connectivity index (χ4v) is 3.77. The molecule has 0 atom stereocenters. The van der Waals surface area contributed by atoms with Crippen molar-refractivity contribution in [2.75, 3.05) is 39.8 Å². The van der Waals surface area contributed by atoms with Gasteiger partial charge >= 0.3 is 0 Å². The number of halogens is 1. The van der Waals surface area contributed by atoms with Crippen LogP contribution >= 0.6 is 24.0 Å². The number of aryl methyl sites for hydroxylation is 1. The molecule has 1 heterocycles. The maximum atomic E-state index is 4.77. The zero-order valence-corrected chi connectivity index (χ0v) is 21.6. The van der Waals surface area contributed by atoms with Crippen LogP contribution in [-0.2, 0) is 19.6 Å². The van der Waals surface area contributed by atoms with Crippen molar-refractivity contribution in [1.82, 2.24) is 20.4 Å². The standard InChI is InChI=1S/C25H37N5.HI/c1-4-26-25(28-19-24-9-6-5-8-21(24)2)27-18-22-10-12-23(13-11-22)20-30-15-7-14-29(3)16-17-30;/h5-6,8-13H,4,7,14-20H2,1-3H3,(H2,26,27,28);1H. The van der Waals surface area contributed by atoms with E-state index in [0.29, 0.717) is 6.54 Å². The predicted octanol–water partition coefficient (Wildman–Crippen LogP) is 4.01. The van der Waals surface area contributed by atoms with Crippen LogP contribution < -0.4 is 10.6 Å². The van der Waals surface area contributed by atoms with Crippen LogP contribution in [0.1, 0.15) is 35.6 Å². The van der Waals surface area contributed by atoms with Crippen molar-refractivity contribution in [2.45, 2.75) is 39.9 Å². The summed E-state index contributed by atoms with van der Waals surface area (Å²) in [5, 5.41) is 6.80. The number of hydrogen-bond donors (Lipinski definition) is 2. The lowest BCUT2D eigenvalue weighted by atomic mass is 10.1. The highest BCUT2D eigenvalue weighted by Gasteiger charge is 2.12. The first kappa shape index (κ1) is 25.6. The topological polar surface area (TPSA) is 42.9 Å². The molecular formula is C25H38IN5. The molecule has 0 amide bonds. The fourth-order valence-electron chi connectivity index (χ4n) is 3.77. The van der Waals surface area contributed by atoms with Gasteiger partial charge in [0.25, 0.3) is 0 Å². The molecule has 0 bridgehead atoms. The second-order valence-corrected chi connectivity index (χ2v) is 8.22. The Morgan fingerprint density at radius 2 is 1.68 bits per heavy atom. The second kappa shape index (κ2) is 13.7. The van der Waals surface area contributed by atoms with Gasteiger partial charge in [-0.05, 0) is 62.7 Å².